The fourth-order valence-electron chi connectivity index (χ4n) is 4.22. The number of halogens is 3. The van der Waals surface area contributed by atoms with Gasteiger partial charge in [-0.15, -0.1) is 18.3 Å². The first-order valence-electron chi connectivity index (χ1n) is 10.6. The van der Waals surface area contributed by atoms with Crippen LogP contribution in [0.25, 0.3) is 0 Å². The van der Waals surface area contributed by atoms with Crippen molar-refractivity contribution < 1.29 is 31.9 Å². The largest absolute Gasteiger partial charge is 0.573 e. The summed E-state index contributed by atoms with van der Waals surface area (Å²) in [6.45, 7) is 0.232. The van der Waals surface area contributed by atoms with Gasteiger partial charge in [-0.1, -0.05) is 30.8 Å². The van der Waals surface area contributed by atoms with E-state index in [1.165, 1.54) is 42.7 Å². The summed E-state index contributed by atoms with van der Waals surface area (Å²) in [4.78, 5) is 26.0. The highest BCUT2D eigenvalue weighted by Crippen LogP contribution is 2.33. The minimum absolute atomic E-state index is 0.00373. The average molecular weight is 452 g/mol. The average Bonchev–Trinajstić information content (AvgIpc) is 3.47. The molecule has 0 spiro atoms. The lowest BCUT2D eigenvalue weighted by Crippen LogP contribution is -2.24. The van der Waals surface area contributed by atoms with E-state index in [0.717, 1.165) is 18.6 Å². The Morgan fingerprint density at radius 1 is 1.19 bits per heavy atom. The van der Waals surface area contributed by atoms with Gasteiger partial charge in [0.15, 0.2) is 0 Å². The molecule has 1 aliphatic carbocycles. The highest BCUT2D eigenvalue weighted by molar-refractivity contribution is 5.96. The standard InChI is InChI=1S/C21H23F3N4O4/c22-21(23,24)32-16-8-6-15(7-9-16)28-12-14(11-18(28)30)19-26-27-20(31-19)25-17(29)10-5-13-3-1-2-4-13/h6-9,13-14H,1-5,10-12H2,(H,25,27,29)/t14-/m0/s1. The van der Waals surface area contributed by atoms with E-state index in [9.17, 15) is 22.8 Å². The number of nitrogens with zero attached hydrogens (tertiary/aromatic N) is 3. The normalized spacial score (nSPS) is 19.5. The van der Waals surface area contributed by atoms with Crippen molar-refractivity contribution in [3.8, 4) is 5.75 Å². The number of ether oxygens (including phenoxy) is 1. The van der Waals surface area contributed by atoms with Crippen LogP contribution < -0.4 is 15.0 Å². The highest BCUT2D eigenvalue weighted by atomic mass is 19.4. The first-order chi connectivity index (χ1) is 15.3. The van der Waals surface area contributed by atoms with Crippen LogP contribution in [0.1, 0.15) is 56.8 Å². The van der Waals surface area contributed by atoms with Crippen LogP contribution in [0.15, 0.2) is 28.7 Å². The number of hydrogen-bond acceptors (Lipinski definition) is 6. The second-order valence-corrected chi connectivity index (χ2v) is 8.13. The molecule has 1 saturated heterocycles. The molecule has 2 amide bonds. The van der Waals surface area contributed by atoms with Crippen molar-refractivity contribution in [2.24, 2.45) is 5.92 Å². The summed E-state index contributed by atoms with van der Waals surface area (Å²) in [7, 11) is 0. The molecule has 8 nitrogen and oxygen atoms in total. The topological polar surface area (TPSA) is 97.6 Å². The minimum Gasteiger partial charge on any atom is -0.407 e. The number of alkyl halides is 3. The van der Waals surface area contributed by atoms with E-state index in [0.29, 0.717) is 18.0 Å². The first-order valence-corrected chi connectivity index (χ1v) is 10.6. The number of amides is 2. The molecule has 1 saturated carbocycles. The van der Waals surface area contributed by atoms with Gasteiger partial charge in [-0.2, -0.15) is 0 Å². The Balaban J connectivity index is 1.32. The molecule has 1 aliphatic heterocycles. The lowest BCUT2D eigenvalue weighted by atomic mass is 10.0. The Labute approximate surface area is 182 Å². The predicted molar refractivity (Wildman–Crippen MR) is 107 cm³/mol. The number of anilines is 2. The third-order valence-corrected chi connectivity index (χ3v) is 5.80. The molecule has 2 aromatic rings. The van der Waals surface area contributed by atoms with Crippen LogP contribution in [0.3, 0.4) is 0 Å². The molecule has 0 unspecified atom stereocenters. The van der Waals surface area contributed by atoms with Gasteiger partial charge in [0.25, 0.3) is 0 Å². The van der Waals surface area contributed by atoms with Gasteiger partial charge >= 0.3 is 12.4 Å². The predicted octanol–water partition coefficient (Wildman–Crippen LogP) is 4.40. The zero-order chi connectivity index (χ0) is 22.7. The first kappa shape index (κ1) is 22.1. The summed E-state index contributed by atoms with van der Waals surface area (Å²) in [5, 5.41) is 10.4. The van der Waals surface area contributed by atoms with Crippen LogP contribution in [0.4, 0.5) is 24.9 Å². The summed E-state index contributed by atoms with van der Waals surface area (Å²) in [5.74, 6) is -0.329. The van der Waals surface area contributed by atoms with Gasteiger partial charge in [0.1, 0.15) is 5.75 Å². The van der Waals surface area contributed by atoms with E-state index in [1.807, 2.05) is 0 Å². The van der Waals surface area contributed by atoms with E-state index >= 15 is 0 Å². The van der Waals surface area contributed by atoms with Crippen molar-refractivity contribution in [1.29, 1.82) is 0 Å². The summed E-state index contributed by atoms with van der Waals surface area (Å²) < 4.78 is 46.3. The molecule has 172 valence electrons. The highest BCUT2D eigenvalue weighted by Gasteiger charge is 2.35. The lowest BCUT2D eigenvalue weighted by molar-refractivity contribution is -0.274. The van der Waals surface area contributed by atoms with Crippen LogP contribution >= 0.6 is 0 Å². The van der Waals surface area contributed by atoms with Crippen molar-refractivity contribution in [3.63, 3.8) is 0 Å². The Morgan fingerprint density at radius 2 is 1.91 bits per heavy atom. The van der Waals surface area contributed by atoms with E-state index in [-0.39, 0.29) is 48.4 Å². The van der Waals surface area contributed by atoms with Crippen molar-refractivity contribution >= 4 is 23.5 Å². The van der Waals surface area contributed by atoms with E-state index < -0.39 is 6.36 Å². The van der Waals surface area contributed by atoms with Gasteiger partial charge in [-0.25, -0.2) is 0 Å². The third kappa shape index (κ3) is 5.57. The number of rotatable bonds is 7. The van der Waals surface area contributed by atoms with Gasteiger partial charge in [-0.3, -0.25) is 14.9 Å². The maximum Gasteiger partial charge on any atom is 0.573 e. The molecule has 0 radical (unpaired) electrons. The van der Waals surface area contributed by atoms with Crippen molar-refractivity contribution in [3.05, 3.63) is 30.2 Å². The zero-order valence-corrected chi connectivity index (χ0v) is 17.2. The Kier molecular flexibility index (Phi) is 6.33. The van der Waals surface area contributed by atoms with Gasteiger partial charge < -0.3 is 14.1 Å². The summed E-state index contributed by atoms with van der Waals surface area (Å²) >= 11 is 0. The van der Waals surface area contributed by atoms with Crippen LogP contribution in [0.5, 0.6) is 5.75 Å². The molecule has 1 aromatic carbocycles. The maximum absolute atomic E-state index is 12.4. The molecule has 32 heavy (non-hydrogen) atoms. The van der Waals surface area contributed by atoms with Gasteiger partial charge in [0, 0.05) is 25.1 Å². The second kappa shape index (κ2) is 9.17. The Morgan fingerprint density at radius 3 is 2.59 bits per heavy atom. The maximum atomic E-state index is 12.4. The summed E-state index contributed by atoms with van der Waals surface area (Å²) in [6, 6.07) is 5.05. The van der Waals surface area contributed by atoms with Crippen molar-refractivity contribution in [2.45, 2.75) is 57.2 Å². The smallest absolute Gasteiger partial charge is 0.407 e. The second-order valence-electron chi connectivity index (χ2n) is 8.13. The molecule has 1 atom stereocenters. The van der Waals surface area contributed by atoms with Crippen LogP contribution in [-0.2, 0) is 9.59 Å². The molecule has 11 heteroatoms. The SMILES string of the molecule is O=C(CCC1CCCC1)Nc1nnc([C@H]2CC(=O)N(c3ccc(OC(F)(F)F)cc3)C2)o1. The molecule has 2 heterocycles. The Bertz CT molecular complexity index is 955. The summed E-state index contributed by atoms with van der Waals surface area (Å²) in [6.07, 6.45) is 1.35. The number of aromatic nitrogens is 2. The molecule has 2 aliphatic rings. The fraction of sp³-hybridized carbons (Fsp3) is 0.524. The van der Waals surface area contributed by atoms with Crippen molar-refractivity contribution in [2.75, 3.05) is 16.8 Å². The number of benzene rings is 1. The van der Waals surface area contributed by atoms with E-state index in [4.69, 9.17) is 4.42 Å². The fourth-order valence-corrected chi connectivity index (χ4v) is 4.22. The molecule has 1 N–H and O–H groups in total. The van der Waals surface area contributed by atoms with E-state index in [1.54, 1.807) is 0 Å². The van der Waals surface area contributed by atoms with Gasteiger partial charge in [0.2, 0.25) is 17.7 Å². The number of carbonyl (C=O) groups excluding carboxylic acids is 2. The van der Waals surface area contributed by atoms with Crippen LogP contribution in [0.2, 0.25) is 0 Å². The number of hydrogen-bond donors (Lipinski definition) is 1. The lowest BCUT2D eigenvalue weighted by Gasteiger charge is -2.17. The van der Waals surface area contributed by atoms with Crippen LogP contribution in [0, 0.1) is 5.92 Å². The number of nitrogens with one attached hydrogen (secondary N) is 1. The Hall–Kier alpha value is -3.11. The van der Waals surface area contributed by atoms with Crippen molar-refractivity contribution in [1.82, 2.24) is 10.2 Å². The van der Waals surface area contributed by atoms with Crippen LogP contribution in [-0.4, -0.2) is 34.9 Å². The monoisotopic (exact) mass is 452 g/mol. The molecule has 2 fully saturated rings. The molecular weight excluding hydrogens is 429 g/mol. The molecule has 4 rings (SSSR count). The van der Waals surface area contributed by atoms with E-state index in [2.05, 4.69) is 20.3 Å². The van der Waals surface area contributed by atoms with Gasteiger partial charge in [-0.05, 0) is 36.6 Å². The third-order valence-electron chi connectivity index (χ3n) is 5.80. The molecule has 1 aromatic heterocycles. The number of carbonyl (C=O) groups is 2. The minimum atomic E-state index is -4.78. The zero-order valence-electron chi connectivity index (χ0n) is 17.2. The van der Waals surface area contributed by atoms with Gasteiger partial charge in [0.05, 0.1) is 5.92 Å². The summed E-state index contributed by atoms with van der Waals surface area (Å²) in [5.41, 5.74) is 0.437. The quantitative estimate of drug-likeness (QED) is 0.669. The molecule has 0 bridgehead atoms. The molecular formula is C21H23F3N4O4.